The van der Waals surface area contributed by atoms with Crippen molar-refractivity contribution in [3.63, 3.8) is 0 Å². The number of alkyl halides is 2. The number of fused-ring (bicyclic) bond motifs is 2. The minimum absolute atomic E-state index is 0.0333. The molecule has 5 nitrogen and oxygen atoms in total. The normalized spacial score (nSPS) is 35.1. The van der Waals surface area contributed by atoms with Gasteiger partial charge in [0.1, 0.15) is 5.92 Å². The third-order valence-electron chi connectivity index (χ3n) is 6.18. The van der Waals surface area contributed by atoms with Crippen molar-refractivity contribution in [3.8, 4) is 0 Å². The molecule has 3 fully saturated rings. The van der Waals surface area contributed by atoms with Gasteiger partial charge in [0.05, 0.1) is 15.3 Å². The largest absolute Gasteiger partial charge is 0.338 e. The second-order valence-electron chi connectivity index (χ2n) is 8.35. The van der Waals surface area contributed by atoms with Gasteiger partial charge in [0.25, 0.3) is 17.7 Å². The highest BCUT2D eigenvalue weighted by Gasteiger charge is 2.69. The number of carbonyl (C=O) groups excluding carboxylic acids is 2. The monoisotopic (exact) mass is 442 g/mol. The van der Waals surface area contributed by atoms with Crippen molar-refractivity contribution in [1.29, 1.82) is 0 Å². The lowest BCUT2D eigenvalue weighted by molar-refractivity contribution is -0.120. The molecule has 2 bridgehead atoms. The number of piperidine rings is 1. The van der Waals surface area contributed by atoms with E-state index in [1.54, 1.807) is 4.90 Å². The molecule has 2 heterocycles. The molecule has 0 aromatic heterocycles. The molecule has 4 rings (SSSR count). The second-order valence-corrected chi connectivity index (χ2v) is 11.6. The number of thioether (sulfide) groups is 1. The van der Waals surface area contributed by atoms with E-state index in [9.17, 15) is 22.6 Å². The third kappa shape index (κ3) is 3.83. The standard InChI is InChI=1S/C20H24F2N2O3S2/c1-12-17(20(12,21)22)18(25)23-29(27)10-13-7-14(11-29)9-24(8-13)19(26)15-5-3-4-6-16(15)28-2/h3-6,12-14,17H,7-11H2,1-2H3/t12-,13?,14?,17+,29?/m1/s1. The smallest absolute Gasteiger partial charge is 0.263 e. The van der Waals surface area contributed by atoms with Gasteiger partial charge in [-0.1, -0.05) is 19.1 Å². The van der Waals surface area contributed by atoms with Gasteiger partial charge >= 0.3 is 0 Å². The van der Waals surface area contributed by atoms with E-state index >= 15 is 0 Å². The summed E-state index contributed by atoms with van der Waals surface area (Å²) in [5, 5.41) is 0. The maximum absolute atomic E-state index is 13.5. The first kappa shape index (κ1) is 20.8. The Kier molecular flexibility index (Phi) is 5.26. The zero-order valence-electron chi connectivity index (χ0n) is 16.3. The van der Waals surface area contributed by atoms with Crippen LogP contribution in [-0.2, 0) is 14.5 Å². The molecule has 1 saturated carbocycles. The van der Waals surface area contributed by atoms with E-state index in [0.717, 1.165) is 11.3 Å². The number of halogens is 2. The van der Waals surface area contributed by atoms with Crippen molar-refractivity contribution in [2.24, 2.45) is 28.0 Å². The lowest BCUT2D eigenvalue weighted by atomic mass is 9.90. The van der Waals surface area contributed by atoms with Gasteiger partial charge in [0.2, 0.25) is 0 Å². The van der Waals surface area contributed by atoms with E-state index in [4.69, 9.17) is 0 Å². The number of nitrogens with zero attached hydrogens (tertiary/aromatic N) is 2. The van der Waals surface area contributed by atoms with Crippen LogP contribution in [0.1, 0.15) is 23.7 Å². The number of hydrogen-bond donors (Lipinski definition) is 0. The number of likely N-dealkylation sites (tertiary alicyclic amines) is 1. The van der Waals surface area contributed by atoms with E-state index in [-0.39, 0.29) is 29.2 Å². The third-order valence-corrected chi connectivity index (χ3v) is 9.47. The molecule has 2 amide bonds. The molecule has 0 N–H and O–H groups in total. The Hall–Kier alpha value is -1.48. The van der Waals surface area contributed by atoms with E-state index in [1.165, 1.54) is 18.7 Å². The summed E-state index contributed by atoms with van der Waals surface area (Å²) >= 11 is 1.52. The van der Waals surface area contributed by atoms with Crippen molar-refractivity contribution in [1.82, 2.24) is 4.90 Å². The van der Waals surface area contributed by atoms with Gasteiger partial charge in [-0.05, 0) is 36.6 Å². The Labute approximate surface area is 173 Å². The first-order valence-electron chi connectivity index (χ1n) is 9.71. The van der Waals surface area contributed by atoms with Gasteiger partial charge in [-0.25, -0.2) is 13.0 Å². The first-order valence-corrected chi connectivity index (χ1v) is 12.8. The minimum atomic E-state index is -3.03. The molecule has 9 heteroatoms. The van der Waals surface area contributed by atoms with Crippen LogP contribution in [0.3, 0.4) is 0 Å². The van der Waals surface area contributed by atoms with Gasteiger partial charge in [-0.2, -0.15) is 4.36 Å². The molecule has 2 unspecified atom stereocenters. The molecule has 2 aliphatic heterocycles. The van der Waals surface area contributed by atoms with Crippen molar-refractivity contribution in [2.45, 2.75) is 24.2 Å². The molecule has 158 valence electrons. The number of rotatable bonds is 3. The average Bonchev–Trinajstić information content (AvgIpc) is 3.17. The van der Waals surface area contributed by atoms with E-state index in [2.05, 4.69) is 4.36 Å². The Balaban J connectivity index is 1.49. The van der Waals surface area contributed by atoms with Crippen LogP contribution in [0.2, 0.25) is 0 Å². The maximum atomic E-state index is 13.5. The van der Waals surface area contributed by atoms with E-state index in [0.29, 0.717) is 18.7 Å². The average molecular weight is 443 g/mol. The Morgan fingerprint density at radius 3 is 2.34 bits per heavy atom. The maximum Gasteiger partial charge on any atom is 0.263 e. The van der Waals surface area contributed by atoms with Gasteiger partial charge in [-0.15, -0.1) is 11.8 Å². The van der Waals surface area contributed by atoms with Crippen LogP contribution in [-0.4, -0.2) is 57.7 Å². The van der Waals surface area contributed by atoms with Gasteiger partial charge in [0, 0.05) is 35.4 Å². The van der Waals surface area contributed by atoms with Crippen molar-refractivity contribution >= 4 is 33.3 Å². The highest BCUT2D eigenvalue weighted by molar-refractivity contribution is 7.98. The Bertz CT molecular complexity index is 954. The number of amides is 2. The number of carbonyl (C=O) groups is 2. The number of hydrogen-bond acceptors (Lipinski definition) is 4. The molecular weight excluding hydrogens is 418 g/mol. The van der Waals surface area contributed by atoms with Crippen LogP contribution < -0.4 is 0 Å². The lowest BCUT2D eigenvalue weighted by Crippen LogP contribution is -2.51. The fourth-order valence-electron chi connectivity index (χ4n) is 4.68. The molecule has 4 atom stereocenters. The summed E-state index contributed by atoms with van der Waals surface area (Å²) in [7, 11) is -2.85. The summed E-state index contributed by atoms with van der Waals surface area (Å²) in [6.45, 7) is 2.22. The predicted molar refractivity (Wildman–Crippen MR) is 109 cm³/mol. The molecule has 29 heavy (non-hydrogen) atoms. The first-order chi connectivity index (χ1) is 13.6. The van der Waals surface area contributed by atoms with Crippen molar-refractivity contribution < 1.29 is 22.6 Å². The highest BCUT2D eigenvalue weighted by Crippen LogP contribution is 2.55. The van der Waals surface area contributed by atoms with E-state index < -0.39 is 33.4 Å². The van der Waals surface area contributed by atoms with Crippen molar-refractivity contribution in [3.05, 3.63) is 29.8 Å². The molecule has 0 radical (unpaired) electrons. The Morgan fingerprint density at radius 2 is 1.79 bits per heavy atom. The van der Waals surface area contributed by atoms with Gasteiger partial charge < -0.3 is 4.90 Å². The summed E-state index contributed by atoms with van der Waals surface area (Å²) in [6, 6.07) is 7.45. The quantitative estimate of drug-likeness (QED) is 0.673. The van der Waals surface area contributed by atoms with Crippen molar-refractivity contribution in [2.75, 3.05) is 30.9 Å². The molecule has 1 aromatic rings. The summed E-state index contributed by atoms with van der Waals surface area (Å²) in [6.07, 6.45) is 2.75. The summed E-state index contributed by atoms with van der Waals surface area (Å²) in [4.78, 5) is 27.9. The lowest BCUT2D eigenvalue weighted by Gasteiger charge is -2.42. The van der Waals surface area contributed by atoms with Gasteiger partial charge in [-0.3, -0.25) is 9.59 Å². The summed E-state index contributed by atoms with van der Waals surface area (Å²) in [5.41, 5.74) is 0.658. The zero-order chi connectivity index (χ0) is 21.0. The molecular formula is C20H24F2N2O3S2. The van der Waals surface area contributed by atoms with Crippen LogP contribution in [0.25, 0.3) is 0 Å². The molecule has 1 aromatic carbocycles. The highest BCUT2D eigenvalue weighted by atomic mass is 32.2. The van der Waals surface area contributed by atoms with Crippen LogP contribution in [0.4, 0.5) is 8.78 Å². The van der Waals surface area contributed by atoms with Crippen LogP contribution >= 0.6 is 11.8 Å². The molecule has 3 aliphatic rings. The topological polar surface area (TPSA) is 66.8 Å². The van der Waals surface area contributed by atoms with E-state index in [1.807, 2.05) is 30.5 Å². The summed E-state index contributed by atoms with van der Waals surface area (Å²) < 4.78 is 44.0. The fraction of sp³-hybridized carbons (Fsp3) is 0.600. The fourth-order valence-corrected chi connectivity index (χ4v) is 7.95. The molecule has 1 aliphatic carbocycles. The zero-order valence-corrected chi connectivity index (χ0v) is 18.0. The molecule has 2 saturated heterocycles. The predicted octanol–water partition coefficient (Wildman–Crippen LogP) is 3.40. The second kappa shape index (κ2) is 7.34. The SMILES string of the molecule is CSc1ccccc1C(=O)N1CC2CC(C1)CS(=O)(=NC(=O)[C@@H]1[C@@H](C)C1(F)F)C2. The van der Waals surface area contributed by atoms with Crippen LogP contribution in [0, 0.1) is 23.7 Å². The number of benzene rings is 1. The Morgan fingerprint density at radius 1 is 1.21 bits per heavy atom. The molecule has 0 spiro atoms. The minimum Gasteiger partial charge on any atom is -0.338 e. The summed E-state index contributed by atoms with van der Waals surface area (Å²) in [5.74, 6) is -6.14. The van der Waals surface area contributed by atoms with Crippen LogP contribution in [0.5, 0.6) is 0 Å². The van der Waals surface area contributed by atoms with Crippen LogP contribution in [0.15, 0.2) is 33.5 Å². The van der Waals surface area contributed by atoms with Gasteiger partial charge in [0.15, 0.2) is 0 Å².